The number of nitrogens with two attached hydrogens (primary N) is 1. The van der Waals surface area contributed by atoms with E-state index in [1.165, 1.54) is 0 Å². The average molecular weight is 146 g/mol. The fraction of sp³-hybridized carbons (Fsp3) is 0.222. The normalized spacial score (nSPS) is 9.18. The molecule has 0 aliphatic heterocycles. The van der Waals surface area contributed by atoms with Crippen LogP contribution in [0.4, 0.5) is 0 Å². The van der Waals surface area contributed by atoms with Crippen LogP contribution in [0.15, 0.2) is 12.3 Å². The van der Waals surface area contributed by atoms with Crippen molar-refractivity contribution in [2.45, 2.75) is 13.5 Å². The molecule has 0 amide bonds. The second kappa shape index (κ2) is 3.18. The van der Waals surface area contributed by atoms with E-state index in [9.17, 15) is 0 Å². The first-order valence-corrected chi connectivity index (χ1v) is 3.40. The Bertz CT molecular complexity index is 297. The third-order valence-electron chi connectivity index (χ3n) is 1.52. The van der Waals surface area contributed by atoms with E-state index in [0.717, 1.165) is 16.8 Å². The fourth-order valence-electron chi connectivity index (χ4n) is 0.834. The summed E-state index contributed by atoms with van der Waals surface area (Å²) < 4.78 is 0. The maximum Gasteiger partial charge on any atom is 0.0552 e. The summed E-state index contributed by atoms with van der Waals surface area (Å²) >= 11 is 0. The molecule has 0 bridgehead atoms. The highest BCUT2D eigenvalue weighted by Gasteiger charge is 1.96. The molecular formula is C9H10N2. The van der Waals surface area contributed by atoms with Crippen LogP contribution < -0.4 is 5.73 Å². The van der Waals surface area contributed by atoms with Crippen LogP contribution in [0.25, 0.3) is 0 Å². The van der Waals surface area contributed by atoms with Crippen LogP contribution in [0.2, 0.25) is 0 Å². The Kier molecular flexibility index (Phi) is 2.25. The Morgan fingerprint density at radius 1 is 1.73 bits per heavy atom. The molecule has 2 heteroatoms. The Labute approximate surface area is 66.4 Å². The quantitative estimate of drug-likeness (QED) is 0.596. The molecule has 0 atom stereocenters. The van der Waals surface area contributed by atoms with Gasteiger partial charge in [-0.25, -0.2) is 0 Å². The molecule has 1 rings (SSSR count). The van der Waals surface area contributed by atoms with Crippen molar-refractivity contribution in [1.82, 2.24) is 4.98 Å². The first kappa shape index (κ1) is 7.77. The van der Waals surface area contributed by atoms with Crippen molar-refractivity contribution in [3.05, 3.63) is 29.1 Å². The molecule has 0 unspecified atom stereocenters. The van der Waals surface area contributed by atoms with E-state index in [2.05, 4.69) is 10.9 Å². The number of pyridine rings is 1. The third-order valence-corrected chi connectivity index (χ3v) is 1.52. The lowest BCUT2D eigenvalue weighted by atomic mass is 10.1. The lowest BCUT2D eigenvalue weighted by Gasteiger charge is -1.99. The molecule has 2 nitrogen and oxygen atoms in total. The van der Waals surface area contributed by atoms with Crippen molar-refractivity contribution >= 4 is 0 Å². The third kappa shape index (κ3) is 1.57. The van der Waals surface area contributed by atoms with E-state index in [4.69, 9.17) is 12.2 Å². The van der Waals surface area contributed by atoms with E-state index >= 15 is 0 Å². The number of hydrogen-bond acceptors (Lipinski definition) is 2. The summed E-state index contributed by atoms with van der Waals surface area (Å²) in [5.74, 6) is 2.57. The van der Waals surface area contributed by atoms with Crippen LogP contribution in [0.5, 0.6) is 0 Å². The highest BCUT2D eigenvalue weighted by molar-refractivity contribution is 5.38. The minimum atomic E-state index is 0.439. The topological polar surface area (TPSA) is 38.9 Å². The second-order valence-corrected chi connectivity index (χ2v) is 2.34. The van der Waals surface area contributed by atoms with Crippen molar-refractivity contribution in [2.24, 2.45) is 5.73 Å². The van der Waals surface area contributed by atoms with Crippen molar-refractivity contribution in [3.8, 4) is 12.3 Å². The minimum absolute atomic E-state index is 0.439. The molecule has 11 heavy (non-hydrogen) atoms. The van der Waals surface area contributed by atoms with Gasteiger partial charge in [-0.1, -0.05) is 5.92 Å². The summed E-state index contributed by atoms with van der Waals surface area (Å²) in [5.41, 5.74) is 8.12. The van der Waals surface area contributed by atoms with Crippen molar-refractivity contribution in [1.29, 1.82) is 0 Å². The van der Waals surface area contributed by atoms with Crippen LogP contribution in [-0.4, -0.2) is 4.98 Å². The van der Waals surface area contributed by atoms with Crippen LogP contribution in [0, 0.1) is 19.3 Å². The molecule has 1 heterocycles. The Morgan fingerprint density at radius 3 is 3.00 bits per heavy atom. The van der Waals surface area contributed by atoms with Gasteiger partial charge in [-0.05, 0) is 18.6 Å². The Morgan fingerprint density at radius 2 is 2.45 bits per heavy atom. The zero-order valence-electron chi connectivity index (χ0n) is 6.46. The molecule has 0 aromatic carbocycles. The molecule has 0 radical (unpaired) electrons. The monoisotopic (exact) mass is 146 g/mol. The number of rotatable bonds is 1. The molecule has 0 saturated carbocycles. The van der Waals surface area contributed by atoms with Crippen molar-refractivity contribution in [2.75, 3.05) is 0 Å². The van der Waals surface area contributed by atoms with Gasteiger partial charge in [0.05, 0.1) is 5.69 Å². The van der Waals surface area contributed by atoms with Gasteiger partial charge < -0.3 is 5.73 Å². The van der Waals surface area contributed by atoms with Gasteiger partial charge in [0.1, 0.15) is 0 Å². The molecule has 0 fully saturated rings. The minimum Gasteiger partial charge on any atom is -0.325 e. The predicted octanol–water partition coefficient (Wildman–Crippen LogP) is 0.830. The standard InChI is InChI=1S/C9H10N2/c1-3-8-4-9(5-10)11-6-7(8)2/h1,4,6H,5,10H2,2H3. The lowest BCUT2D eigenvalue weighted by Crippen LogP contribution is -2.00. The van der Waals surface area contributed by atoms with E-state index in [1.807, 2.05) is 13.0 Å². The summed E-state index contributed by atoms with van der Waals surface area (Å²) in [5, 5.41) is 0. The molecule has 1 aromatic heterocycles. The molecule has 0 spiro atoms. The number of terminal acetylenes is 1. The SMILES string of the molecule is C#Cc1cc(CN)ncc1C. The Balaban J connectivity index is 3.15. The van der Waals surface area contributed by atoms with E-state index in [0.29, 0.717) is 6.54 Å². The molecule has 1 aromatic rings. The maximum absolute atomic E-state index is 5.39. The largest absolute Gasteiger partial charge is 0.325 e. The molecule has 2 N–H and O–H groups in total. The summed E-state index contributed by atoms with van der Waals surface area (Å²) in [6, 6.07) is 1.84. The highest BCUT2D eigenvalue weighted by atomic mass is 14.7. The molecule has 0 aliphatic rings. The van der Waals surface area contributed by atoms with Gasteiger partial charge in [0.15, 0.2) is 0 Å². The number of aryl methyl sites for hydroxylation is 1. The Hall–Kier alpha value is -1.33. The molecule has 56 valence electrons. The highest BCUT2D eigenvalue weighted by Crippen LogP contribution is 2.05. The van der Waals surface area contributed by atoms with Gasteiger partial charge in [0.2, 0.25) is 0 Å². The first-order valence-electron chi connectivity index (χ1n) is 3.40. The lowest BCUT2D eigenvalue weighted by molar-refractivity contribution is 0.982. The van der Waals surface area contributed by atoms with Gasteiger partial charge in [0, 0.05) is 18.3 Å². The number of hydrogen-bond donors (Lipinski definition) is 1. The first-order chi connectivity index (χ1) is 5.27. The number of aromatic nitrogens is 1. The molecule has 0 aliphatic carbocycles. The summed E-state index contributed by atoms with van der Waals surface area (Å²) in [6.07, 6.45) is 7.00. The van der Waals surface area contributed by atoms with E-state index in [-0.39, 0.29) is 0 Å². The molecular weight excluding hydrogens is 136 g/mol. The zero-order chi connectivity index (χ0) is 8.27. The fourth-order valence-corrected chi connectivity index (χ4v) is 0.834. The predicted molar refractivity (Wildman–Crippen MR) is 44.8 cm³/mol. The number of nitrogens with zero attached hydrogens (tertiary/aromatic N) is 1. The van der Waals surface area contributed by atoms with Crippen molar-refractivity contribution < 1.29 is 0 Å². The van der Waals surface area contributed by atoms with E-state index in [1.54, 1.807) is 6.20 Å². The van der Waals surface area contributed by atoms with Gasteiger partial charge >= 0.3 is 0 Å². The van der Waals surface area contributed by atoms with Gasteiger partial charge in [-0.15, -0.1) is 6.42 Å². The second-order valence-electron chi connectivity index (χ2n) is 2.34. The van der Waals surface area contributed by atoms with Gasteiger partial charge in [0.25, 0.3) is 0 Å². The van der Waals surface area contributed by atoms with Gasteiger partial charge in [-0.2, -0.15) is 0 Å². The van der Waals surface area contributed by atoms with Crippen molar-refractivity contribution in [3.63, 3.8) is 0 Å². The summed E-state index contributed by atoms with van der Waals surface area (Å²) in [6.45, 7) is 2.37. The smallest absolute Gasteiger partial charge is 0.0552 e. The van der Waals surface area contributed by atoms with Crippen LogP contribution >= 0.6 is 0 Å². The van der Waals surface area contributed by atoms with Gasteiger partial charge in [-0.3, -0.25) is 4.98 Å². The van der Waals surface area contributed by atoms with E-state index < -0.39 is 0 Å². The summed E-state index contributed by atoms with van der Waals surface area (Å²) in [7, 11) is 0. The molecule has 0 saturated heterocycles. The average Bonchev–Trinajstić information content (AvgIpc) is 2.05. The van der Waals surface area contributed by atoms with Crippen LogP contribution in [0.1, 0.15) is 16.8 Å². The van der Waals surface area contributed by atoms with Crippen LogP contribution in [-0.2, 0) is 6.54 Å². The van der Waals surface area contributed by atoms with Crippen LogP contribution in [0.3, 0.4) is 0 Å². The zero-order valence-corrected chi connectivity index (χ0v) is 6.46. The maximum atomic E-state index is 5.39. The summed E-state index contributed by atoms with van der Waals surface area (Å²) in [4.78, 5) is 4.08.